The quantitative estimate of drug-likeness (QED) is 0.241. The van der Waals surface area contributed by atoms with Gasteiger partial charge in [-0.25, -0.2) is 9.59 Å². The van der Waals surface area contributed by atoms with E-state index in [9.17, 15) is 30.0 Å². The van der Waals surface area contributed by atoms with Crippen LogP contribution in [0.4, 0.5) is 0 Å². The van der Waals surface area contributed by atoms with Gasteiger partial charge in [0.1, 0.15) is 50.3 Å². The molecule has 0 radical (unpaired) electrons. The molecule has 3 aliphatic heterocycles. The smallest absolute Gasteiger partial charge is 0.333 e. The number of aliphatic hydroxyl groups excluding tert-OH is 4. The lowest BCUT2D eigenvalue weighted by atomic mass is 9.99. The number of aliphatic hydroxyl groups is 4. The lowest BCUT2D eigenvalue weighted by molar-refractivity contribution is -0.411. The summed E-state index contributed by atoms with van der Waals surface area (Å²) in [6.07, 6.45) is -8.08. The molecule has 12 heteroatoms. The fourth-order valence-electron chi connectivity index (χ4n) is 3.75. The molecule has 3 heterocycles. The highest BCUT2D eigenvalue weighted by Crippen LogP contribution is 2.46. The molecule has 0 saturated carbocycles. The number of esters is 2. The summed E-state index contributed by atoms with van der Waals surface area (Å²) < 4.78 is 33.1. The Bertz CT molecular complexity index is 783. The molecule has 0 bridgehead atoms. The molecule has 3 rings (SSSR count). The van der Waals surface area contributed by atoms with Crippen LogP contribution < -0.4 is 0 Å². The van der Waals surface area contributed by atoms with E-state index in [2.05, 4.69) is 13.2 Å². The third-order valence-corrected chi connectivity index (χ3v) is 5.52. The second kappa shape index (κ2) is 9.15. The van der Waals surface area contributed by atoms with Crippen LogP contribution in [0.1, 0.15) is 13.8 Å². The molecule has 0 aromatic heterocycles. The van der Waals surface area contributed by atoms with Crippen molar-refractivity contribution in [1.82, 2.24) is 0 Å². The number of ether oxygens (including phenoxy) is 6. The van der Waals surface area contributed by atoms with Gasteiger partial charge in [0.15, 0.2) is 6.10 Å². The molecule has 0 aromatic rings. The second-order valence-corrected chi connectivity index (χ2v) is 8.07. The van der Waals surface area contributed by atoms with Crippen molar-refractivity contribution < 1.29 is 58.4 Å². The molecule has 8 atom stereocenters. The Morgan fingerprint density at radius 1 is 1.03 bits per heavy atom. The number of rotatable bonds is 7. The van der Waals surface area contributed by atoms with Gasteiger partial charge in [0.25, 0.3) is 0 Å². The molecule has 3 aliphatic rings. The van der Waals surface area contributed by atoms with Crippen molar-refractivity contribution in [3.63, 3.8) is 0 Å². The van der Waals surface area contributed by atoms with Crippen molar-refractivity contribution >= 4 is 11.9 Å². The third kappa shape index (κ3) is 4.20. The predicted octanol–water partition coefficient (Wildman–Crippen LogP) is -2.09. The number of carbonyl (C=O) groups excluding carboxylic acids is 2. The summed E-state index contributed by atoms with van der Waals surface area (Å²) in [6, 6.07) is 0. The van der Waals surface area contributed by atoms with Gasteiger partial charge in [0.2, 0.25) is 11.6 Å². The average Bonchev–Trinajstić information content (AvgIpc) is 3.18. The van der Waals surface area contributed by atoms with Gasteiger partial charge in [-0.2, -0.15) is 0 Å². The molecule has 12 nitrogen and oxygen atoms in total. The first-order valence-electron chi connectivity index (χ1n) is 9.94. The standard InChI is InChI=1S/C20H28O12/c1-9(2)17(25)27-6-12-14(29-18(26)10(3)4)15(24)20(31-12)8-28-19(7-22)16(32-20)13(23)11(5-21)30-19/h11-16,21-24H,1,3,5-8H2,2,4H3/t11-,12+,13-,14+,15-,16+,19+,20+/m0/s1. The van der Waals surface area contributed by atoms with Crippen LogP contribution in [0, 0.1) is 0 Å². The summed E-state index contributed by atoms with van der Waals surface area (Å²) in [5.74, 6) is -5.30. The number of hydrogen-bond acceptors (Lipinski definition) is 12. The van der Waals surface area contributed by atoms with E-state index in [1.54, 1.807) is 0 Å². The minimum absolute atomic E-state index is 0.0568. The molecule has 180 valence electrons. The van der Waals surface area contributed by atoms with Crippen molar-refractivity contribution in [1.29, 1.82) is 0 Å². The monoisotopic (exact) mass is 460 g/mol. The number of hydrogen-bond donors (Lipinski definition) is 4. The maximum Gasteiger partial charge on any atom is 0.333 e. The summed E-state index contributed by atoms with van der Waals surface area (Å²) in [6.45, 7) is 7.60. The lowest BCUT2D eigenvalue weighted by Gasteiger charge is -2.46. The van der Waals surface area contributed by atoms with E-state index in [1.165, 1.54) is 13.8 Å². The van der Waals surface area contributed by atoms with Gasteiger partial charge < -0.3 is 48.8 Å². The van der Waals surface area contributed by atoms with Crippen molar-refractivity contribution in [2.75, 3.05) is 26.4 Å². The zero-order chi connectivity index (χ0) is 23.8. The van der Waals surface area contributed by atoms with E-state index in [-0.39, 0.29) is 11.1 Å². The SMILES string of the molecule is C=C(C)C(=O)OC[C@H]1O[C@@]2(CO[C@]3(CO)O[C@@H](CO)[C@H](O)[C@H]3O2)[C@@H](O)[C@@H]1OC(=O)C(=C)C. The fourth-order valence-corrected chi connectivity index (χ4v) is 3.75. The highest BCUT2D eigenvalue weighted by atomic mass is 16.8. The maximum atomic E-state index is 12.1. The minimum Gasteiger partial charge on any atom is -0.459 e. The van der Waals surface area contributed by atoms with Gasteiger partial charge in [-0.15, -0.1) is 0 Å². The first-order valence-corrected chi connectivity index (χ1v) is 9.94. The molecule has 0 aromatic carbocycles. The van der Waals surface area contributed by atoms with Gasteiger partial charge >= 0.3 is 11.9 Å². The van der Waals surface area contributed by atoms with Crippen molar-refractivity contribution in [3.05, 3.63) is 24.3 Å². The number of carbonyl (C=O) groups is 2. The Morgan fingerprint density at radius 3 is 2.25 bits per heavy atom. The molecule has 4 N–H and O–H groups in total. The van der Waals surface area contributed by atoms with Crippen LogP contribution >= 0.6 is 0 Å². The highest BCUT2D eigenvalue weighted by molar-refractivity contribution is 5.87. The topological polar surface area (TPSA) is 170 Å². The molecular weight excluding hydrogens is 432 g/mol. The summed E-state index contributed by atoms with van der Waals surface area (Å²) in [7, 11) is 0. The van der Waals surface area contributed by atoms with Gasteiger partial charge in [0, 0.05) is 11.1 Å². The maximum absolute atomic E-state index is 12.1. The van der Waals surface area contributed by atoms with Gasteiger partial charge in [0.05, 0.1) is 6.61 Å². The number of fused-ring (bicyclic) bond motifs is 1. The van der Waals surface area contributed by atoms with E-state index in [0.717, 1.165) is 0 Å². The molecule has 1 spiro atoms. The Balaban J connectivity index is 1.86. The summed E-state index contributed by atoms with van der Waals surface area (Å²) >= 11 is 0. The van der Waals surface area contributed by atoms with Crippen LogP contribution in [0.25, 0.3) is 0 Å². The van der Waals surface area contributed by atoms with E-state index in [4.69, 9.17) is 28.4 Å². The minimum atomic E-state index is -1.96. The van der Waals surface area contributed by atoms with E-state index in [1.807, 2.05) is 0 Å². The molecule has 0 aliphatic carbocycles. The first kappa shape index (κ1) is 24.7. The summed E-state index contributed by atoms with van der Waals surface area (Å²) in [5.41, 5.74) is 0.182. The Labute approximate surface area is 183 Å². The van der Waals surface area contributed by atoms with Gasteiger partial charge in [-0.1, -0.05) is 13.2 Å². The third-order valence-electron chi connectivity index (χ3n) is 5.52. The molecular formula is C20H28O12. The molecule has 3 fully saturated rings. The average molecular weight is 460 g/mol. The van der Waals surface area contributed by atoms with Crippen molar-refractivity contribution in [2.24, 2.45) is 0 Å². The molecule has 3 saturated heterocycles. The van der Waals surface area contributed by atoms with E-state index in [0.29, 0.717) is 0 Å². The zero-order valence-electron chi connectivity index (χ0n) is 17.8. The van der Waals surface area contributed by atoms with Crippen LogP contribution in [0.3, 0.4) is 0 Å². The lowest BCUT2D eigenvalue weighted by Crippen LogP contribution is -2.65. The second-order valence-electron chi connectivity index (χ2n) is 8.07. The van der Waals surface area contributed by atoms with Gasteiger partial charge in [-0.05, 0) is 13.8 Å². The zero-order valence-corrected chi connectivity index (χ0v) is 17.8. The molecule has 0 amide bonds. The summed E-state index contributed by atoms with van der Waals surface area (Å²) in [5, 5.41) is 40.7. The van der Waals surface area contributed by atoms with E-state index >= 15 is 0 Å². The molecule has 0 unspecified atom stereocenters. The largest absolute Gasteiger partial charge is 0.459 e. The first-order chi connectivity index (χ1) is 15.0. The fraction of sp³-hybridized carbons (Fsp3) is 0.700. The van der Waals surface area contributed by atoms with Crippen molar-refractivity contribution in [3.8, 4) is 0 Å². The van der Waals surface area contributed by atoms with Crippen LogP contribution in [0.5, 0.6) is 0 Å². The van der Waals surface area contributed by atoms with E-state index < -0.39 is 86.6 Å². The Hall–Kier alpha value is -1.90. The van der Waals surface area contributed by atoms with Crippen LogP contribution in [0.2, 0.25) is 0 Å². The Kier molecular flexibility index (Phi) is 7.08. The van der Waals surface area contributed by atoms with Crippen molar-refractivity contribution in [2.45, 2.75) is 62.0 Å². The molecule has 32 heavy (non-hydrogen) atoms. The van der Waals surface area contributed by atoms with Crippen LogP contribution in [-0.2, 0) is 38.0 Å². The Morgan fingerprint density at radius 2 is 1.69 bits per heavy atom. The highest BCUT2D eigenvalue weighted by Gasteiger charge is 2.68. The van der Waals surface area contributed by atoms with Crippen LogP contribution in [-0.4, -0.2) is 107 Å². The summed E-state index contributed by atoms with van der Waals surface area (Å²) in [4.78, 5) is 23.9. The normalized spacial score (nSPS) is 40.7. The predicted molar refractivity (Wildman–Crippen MR) is 103 cm³/mol. The van der Waals surface area contributed by atoms with Gasteiger partial charge in [-0.3, -0.25) is 0 Å². The van der Waals surface area contributed by atoms with Crippen LogP contribution in [0.15, 0.2) is 24.3 Å².